The molecule has 1 aliphatic rings. The second-order valence-electron chi connectivity index (χ2n) is 4.38. The third kappa shape index (κ3) is 2.88. The van der Waals surface area contributed by atoms with E-state index in [1.165, 1.54) is 7.11 Å². The Morgan fingerprint density at radius 2 is 2.19 bits per heavy atom. The lowest BCUT2D eigenvalue weighted by atomic mass is 10.1. The van der Waals surface area contributed by atoms with Gasteiger partial charge in [0.15, 0.2) is 6.23 Å². The Kier molecular flexibility index (Phi) is 4.53. The Labute approximate surface area is 119 Å². The van der Waals surface area contributed by atoms with Crippen molar-refractivity contribution in [2.75, 3.05) is 24.8 Å². The van der Waals surface area contributed by atoms with Crippen molar-refractivity contribution in [2.24, 2.45) is 0 Å². The number of nitrogens with zero attached hydrogens (tertiary/aromatic N) is 2. The fourth-order valence-electron chi connectivity index (χ4n) is 1.97. The van der Waals surface area contributed by atoms with E-state index in [1.54, 1.807) is 0 Å². The third-order valence-corrected chi connectivity index (χ3v) is 3.09. The molecule has 21 heavy (non-hydrogen) atoms. The molecule has 116 valence electrons. The van der Waals surface area contributed by atoms with Crippen molar-refractivity contribution in [1.29, 1.82) is 0 Å². The average Bonchev–Trinajstić information content (AvgIpc) is 2.74. The standard InChI is InChI=1S/C11H16N4O6/c1-20-11(19)5-8(12)13-3-14-9(5)15-10-7(18)6(17)4(2-16)21-10/h3-4,6-7,10,16-18H,2H2,1H3,(H3,12,13,14,15)/t4-,6-,7-,10+/m1/s1. The first-order valence-corrected chi connectivity index (χ1v) is 6.07. The number of rotatable bonds is 4. The van der Waals surface area contributed by atoms with Crippen LogP contribution in [-0.4, -0.2) is 69.5 Å². The first-order valence-electron chi connectivity index (χ1n) is 6.07. The molecule has 1 fully saturated rings. The number of nitrogens with one attached hydrogen (secondary N) is 1. The van der Waals surface area contributed by atoms with Crippen molar-refractivity contribution in [1.82, 2.24) is 9.97 Å². The number of aliphatic hydroxyl groups excluding tert-OH is 3. The Hall–Kier alpha value is -2.01. The van der Waals surface area contributed by atoms with Gasteiger partial charge in [0.1, 0.15) is 41.8 Å². The number of carbonyl (C=O) groups is 1. The first-order chi connectivity index (χ1) is 9.99. The molecule has 10 nitrogen and oxygen atoms in total. The zero-order valence-corrected chi connectivity index (χ0v) is 11.1. The van der Waals surface area contributed by atoms with Crippen molar-refractivity contribution in [2.45, 2.75) is 24.5 Å². The lowest BCUT2D eigenvalue weighted by molar-refractivity contribution is -0.0154. The minimum Gasteiger partial charge on any atom is -0.465 e. The molecule has 0 unspecified atom stereocenters. The van der Waals surface area contributed by atoms with Crippen molar-refractivity contribution < 1.29 is 29.6 Å². The van der Waals surface area contributed by atoms with Gasteiger partial charge in [-0.2, -0.15) is 0 Å². The zero-order chi connectivity index (χ0) is 15.6. The molecule has 0 spiro atoms. The number of methoxy groups -OCH3 is 1. The average molecular weight is 300 g/mol. The predicted octanol–water partition coefficient (Wildman–Crippen LogP) is -2.30. The summed E-state index contributed by atoms with van der Waals surface area (Å²) in [6.45, 7) is -0.466. The number of hydrogen-bond acceptors (Lipinski definition) is 10. The summed E-state index contributed by atoms with van der Waals surface area (Å²) in [7, 11) is 1.17. The van der Waals surface area contributed by atoms with Gasteiger partial charge >= 0.3 is 5.97 Å². The van der Waals surface area contributed by atoms with E-state index in [-0.39, 0.29) is 17.2 Å². The van der Waals surface area contributed by atoms with Crippen LogP contribution in [0.2, 0.25) is 0 Å². The van der Waals surface area contributed by atoms with Gasteiger partial charge in [0, 0.05) is 0 Å². The molecule has 0 saturated carbocycles. The summed E-state index contributed by atoms with van der Waals surface area (Å²) < 4.78 is 9.81. The molecule has 4 atom stereocenters. The molecular formula is C11H16N4O6. The SMILES string of the molecule is COC(=O)c1c(N)ncnc1N[C@H]1O[C@H](CO)[C@@H](O)[C@H]1O. The molecular weight excluding hydrogens is 284 g/mol. The van der Waals surface area contributed by atoms with Gasteiger partial charge in [-0.05, 0) is 0 Å². The van der Waals surface area contributed by atoms with Crippen molar-refractivity contribution in [3.8, 4) is 0 Å². The summed E-state index contributed by atoms with van der Waals surface area (Å²) in [4.78, 5) is 19.2. The van der Waals surface area contributed by atoms with E-state index < -0.39 is 37.1 Å². The highest BCUT2D eigenvalue weighted by Gasteiger charge is 2.43. The van der Waals surface area contributed by atoms with Gasteiger partial charge in [0.25, 0.3) is 0 Å². The summed E-state index contributed by atoms with van der Waals surface area (Å²) in [6.07, 6.45) is -3.49. The van der Waals surface area contributed by atoms with Crippen LogP contribution in [0.25, 0.3) is 0 Å². The summed E-state index contributed by atoms with van der Waals surface area (Å²) in [5.74, 6) is -0.877. The maximum absolute atomic E-state index is 11.7. The molecule has 6 N–H and O–H groups in total. The molecule has 0 bridgehead atoms. The molecule has 2 rings (SSSR count). The second-order valence-corrected chi connectivity index (χ2v) is 4.38. The van der Waals surface area contributed by atoms with Crippen LogP contribution in [0, 0.1) is 0 Å². The highest BCUT2D eigenvalue weighted by atomic mass is 16.6. The first kappa shape index (κ1) is 15.4. The lowest BCUT2D eigenvalue weighted by Gasteiger charge is -2.18. The van der Waals surface area contributed by atoms with E-state index in [4.69, 9.17) is 15.6 Å². The quantitative estimate of drug-likeness (QED) is 0.382. The minimum absolute atomic E-state index is 0.0100. The minimum atomic E-state index is -1.32. The van der Waals surface area contributed by atoms with Crippen molar-refractivity contribution in [3.05, 3.63) is 11.9 Å². The molecule has 2 heterocycles. The van der Waals surface area contributed by atoms with Crippen LogP contribution >= 0.6 is 0 Å². The number of nitrogens with two attached hydrogens (primary N) is 1. The number of carbonyl (C=O) groups excluding carboxylic acids is 1. The Bertz CT molecular complexity index is 527. The number of ether oxygens (including phenoxy) is 2. The Morgan fingerprint density at radius 1 is 1.48 bits per heavy atom. The van der Waals surface area contributed by atoms with Crippen LogP contribution in [-0.2, 0) is 9.47 Å². The molecule has 0 aromatic carbocycles. The molecule has 0 amide bonds. The fraction of sp³-hybridized carbons (Fsp3) is 0.545. The lowest BCUT2D eigenvalue weighted by Crippen LogP contribution is -2.37. The monoisotopic (exact) mass is 300 g/mol. The van der Waals surface area contributed by atoms with Crippen LogP contribution in [0.1, 0.15) is 10.4 Å². The molecule has 0 radical (unpaired) electrons. The summed E-state index contributed by atoms with van der Waals surface area (Å²) in [5.41, 5.74) is 5.49. The third-order valence-electron chi connectivity index (χ3n) is 3.09. The molecule has 0 aliphatic carbocycles. The van der Waals surface area contributed by atoms with E-state index in [0.29, 0.717) is 0 Å². The van der Waals surface area contributed by atoms with Gasteiger partial charge < -0.3 is 35.8 Å². The smallest absolute Gasteiger partial charge is 0.345 e. The largest absolute Gasteiger partial charge is 0.465 e. The topological polar surface area (TPSA) is 160 Å². The van der Waals surface area contributed by atoms with E-state index in [2.05, 4.69) is 20.0 Å². The van der Waals surface area contributed by atoms with Crippen LogP contribution < -0.4 is 11.1 Å². The molecule has 10 heteroatoms. The zero-order valence-electron chi connectivity index (χ0n) is 11.1. The van der Waals surface area contributed by atoms with Gasteiger partial charge in [-0.1, -0.05) is 0 Å². The van der Waals surface area contributed by atoms with Gasteiger partial charge in [0.2, 0.25) is 0 Å². The normalized spacial score (nSPS) is 28.4. The van der Waals surface area contributed by atoms with E-state index in [0.717, 1.165) is 6.33 Å². The number of aliphatic hydroxyl groups is 3. The molecule has 1 aromatic rings. The Morgan fingerprint density at radius 3 is 2.76 bits per heavy atom. The summed E-state index contributed by atoms with van der Waals surface area (Å²) in [6, 6.07) is 0. The highest BCUT2D eigenvalue weighted by Crippen LogP contribution is 2.25. The molecule has 1 saturated heterocycles. The van der Waals surface area contributed by atoms with Gasteiger partial charge in [0.05, 0.1) is 13.7 Å². The van der Waals surface area contributed by atoms with Crippen LogP contribution in [0.3, 0.4) is 0 Å². The predicted molar refractivity (Wildman–Crippen MR) is 69.2 cm³/mol. The number of hydrogen-bond donors (Lipinski definition) is 5. The summed E-state index contributed by atoms with van der Waals surface area (Å²) >= 11 is 0. The molecule has 1 aliphatic heterocycles. The maximum atomic E-state index is 11.7. The second kappa shape index (κ2) is 6.18. The number of esters is 1. The number of aromatic nitrogens is 2. The van der Waals surface area contributed by atoms with E-state index in [9.17, 15) is 15.0 Å². The van der Waals surface area contributed by atoms with Crippen LogP contribution in [0.15, 0.2) is 6.33 Å². The van der Waals surface area contributed by atoms with Gasteiger partial charge in [-0.3, -0.25) is 0 Å². The highest BCUT2D eigenvalue weighted by molar-refractivity contribution is 5.99. The number of nitrogen functional groups attached to an aromatic ring is 1. The fourth-order valence-corrected chi connectivity index (χ4v) is 1.97. The van der Waals surface area contributed by atoms with E-state index >= 15 is 0 Å². The van der Waals surface area contributed by atoms with E-state index in [1.807, 2.05) is 0 Å². The molecule has 1 aromatic heterocycles. The Balaban J connectivity index is 2.24. The van der Waals surface area contributed by atoms with Crippen LogP contribution in [0.4, 0.5) is 11.6 Å². The number of anilines is 2. The summed E-state index contributed by atoms with van der Waals surface area (Å²) in [5, 5.41) is 31.2. The van der Waals surface area contributed by atoms with Gasteiger partial charge in [-0.15, -0.1) is 0 Å². The maximum Gasteiger partial charge on any atom is 0.345 e. The van der Waals surface area contributed by atoms with Crippen LogP contribution in [0.5, 0.6) is 0 Å². The van der Waals surface area contributed by atoms with Crippen molar-refractivity contribution in [3.63, 3.8) is 0 Å². The van der Waals surface area contributed by atoms with Crippen molar-refractivity contribution >= 4 is 17.6 Å². The van der Waals surface area contributed by atoms with Gasteiger partial charge in [-0.25, -0.2) is 14.8 Å².